The first-order valence-electron chi connectivity index (χ1n) is 33.6. The second kappa shape index (κ2) is 53.5. The zero-order valence-corrected chi connectivity index (χ0v) is 61.8. The fraction of sp³-hybridized carbons (Fsp3) is 0.500. The van der Waals surface area contributed by atoms with E-state index in [0.717, 1.165) is 26.9 Å². The average molecular weight is 1610 g/mol. The summed E-state index contributed by atoms with van der Waals surface area (Å²) in [5, 5.41) is 78.7. The summed E-state index contributed by atoms with van der Waals surface area (Å²) in [4.78, 5) is 181. The molecule has 3 aromatic carbocycles. The first kappa shape index (κ1) is 91.8. The number of aromatic nitrogens is 3. The number of rotatable bonds is 39. The predicted molar refractivity (Wildman–Crippen MR) is 389 cm³/mol. The lowest BCUT2D eigenvalue weighted by Crippen LogP contribution is -2.50. The number of carboxylic acid groups (broad SMARTS) is 5. The molecule has 578 valence electrons. The number of anilines is 2. The van der Waals surface area contributed by atoms with Crippen molar-refractivity contribution in [1.82, 2.24) is 66.5 Å². The maximum absolute atomic E-state index is 14.2. The van der Waals surface area contributed by atoms with Crippen molar-refractivity contribution >= 4 is 129 Å². The van der Waals surface area contributed by atoms with Crippen molar-refractivity contribution in [2.24, 2.45) is 5.92 Å². The molecular weight excluding hydrogens is 1520 g/mol. The van der Waals surface area contributed by atoms with Crippen LogP contribution >= 0.6 is 34.8 Å². The third kappa shape index (κ3) is 41.3. The van der Waals surface area contributed by atoms with Crippen molar-refractivity contribution in [1.29, 1.82) is 0 Å². The fourth-order valence-corrected chi connectivity index (χ4v) is 11.3. The third-order valence-electron chi connectivity index (χ3n) is 16.2. The van der Waals surface area contributed by atoms with Crippen LogP contribution in [0.15, 0.2) is 79.0 Å². The van der Waals surface area contributed by atoms with Crippen LogP contribution in [0.2, 0.25) is 0 Å². The van der Waals surface area contributed by atoms with Gasteiger partial charge >= 0.3 is 60.4 Å². The van der Waals surface area contributed by atoms with Crippen LogP contribution in [-0.4, -0.2) is 261 Å². The van der Waals surface area contributed by atoms with E-state index in [1.165, 1.54) is 10.9 Å². The Hall–Kier alpha value is -10.3. The van der Waals surface area contributed by atoms with Crippen LogP contribution < -0.4 is 42.5 Å². The van der Waals surface area contributed by atoms with Crippen molar-refractivity contribution in [2.45, 2.75) is 115 Å². The van der Waals surface area contributed by atoms with Gasteiger partial charge in [0.15, 0.2) is 10.9 Å². The normalized spacial score (nSPS) is 14.1. The van der Waals surface area contributed by atoms with Crippen LogP contribution in [0.4, 0.5) is 21.0 Å². The monoisotopic (exact) mass is 1610 g/mol. The number of halogens is 1. The van der Waals surface area contributed by atoms with E-state index in [9.17, 15) is 68.4 Å². The molecule has 0 spiro atoms. The molecule has 2 heterocycles. The minimum atomic E-state index is -1.25. The van der Waals surface area contributed by atoms with Crippen molar-refractivity contribution in [3.8, 4) is 11.3 Å². The summed E-state index contributed by atoms with van der Waals surface area (Å²) in [6.07, 6.45) is 5.58. The van der Waals surface area contributed by atoms with Gasteiger partial charge in [-0.15, -0.1) is 5.10 Å². The molecule has 6 amide bonds. The molecule has 5 rings (SSSR count). The number of ketones is 1. The van der Waals surface area contributed by atoms with E-state index in [1.54, 1.807) is 24.3 Å². The van der Waals surface area contributed by atoms with Gasteiger partial charge in [0.05, 0.1) is 43.4 Å². The molecule has 0 aliphatic carbocycles. The van der Waals surface area contributed by atoms with Crippen LogP contribution in [0, 0.1) is 9.49 Å². The number of likely N-dealkylation sites (N-methyl/N-ethyl adjacent to an activating group) is 2. The molecule has 1 aliphatic rings. The molecule has 38 heteroatoms. The second-order valence-corrected chi connectivity index (χ2v) is 25.9. The van der Waals surface area contributed by atoms with Crippen LogP contribution in [0.1, 0.15) is 88.2 Å². The number of aliphatic carboxylic acids is 5. The van der Waals surface area contributed by atoms with Crippen molar-refractivity contribution in [3.63, 3.8) is 0 Å². The highest BCUT2D eigenvalue weighted by atomic mass is 127. The lowest BCUT2D eigenvalue weighted by atomic mass is 9.92. The van der Waals surface area contributed by atoms with E-state index in [1.807, 2.05) is 72.4 Å². The molecule has 1 saturated heterocycles. The van der Waals surface area contributed by atoms with Crippen LogP contribution in [-0.2, 0) is 86.5 Å². The molecule has 0 radical (unpaired) electrons. The average Bonchev–Trinajstić information content (AvgIpc) is 1.65. The smallest absolute Gasteiger partial charge is 0.373 e. The maximum atomic E-state index is 14.2. The van der Waals surface area contributed by atoms with Crippen molar-refractivity contribution < 1.29 is 102 Å². The number of carbonyl (C=O) groups excluding carboxylic acids is 11. The topological polar surface area (TPSA) is 514 Å². The third-order valence-corrected chi connectivity index (χ3v) is 17.1. The van der Waals surface area contributed by atoms with E-state index in [-0.39, 0.29) is 108 Å². The number of hydrogen-bond donors (Lipinski definition) is 13. The van der Waals surface area contributed by atoms with Crippen molar-refractivity contribution in [3.05, 3.63) is 93.7 Å². The Labute approximate surface area is 630 Å². The van der Waals surface area contributed by atoms with Gasteiger partial charge in [-0.1, -0.05) is 48.0 Å². The second-order valence-electron chi connectivity index (χ2n) is 24.3. The molecule has 4 aromatic rings. The summed E-state index contributed by atoms with van der Waals surface area (Å²) in [6, 6.07) is 18.4. The first-order chi connectivity index (χ1) is 50.6. The van der Waals surface area contributed by atoms with E-state index in [2.05, 4.69) is 85.2 Å². The molecular formula is C68H92IN15O21S. The maximum Gasteiger partial charge on any atom is 0.373 e. The Morgan fingerprint density at radius 1 is 0.566 bits per heavy atom. The first-order valence-corrected chi connectivity index (χ1v) is 35.1. The SMILES string of the molecule is CN1CCN(CC(=O)O)CCN(CC(=O)O)CC(Cc2ccc(NC(=S)NCCCC[C@H](NC(=O)Cn3nncc3-c3cccc(NC(=O)NCCCC[C@H](NC(=O)NCCCC(=O)O)C(=O)O)c3)C(=O)C[C@@H](CCCCNC(=O)Cc3ccc(I)cc3)C(=O)O)cc2)N(C)CC1.O=C=O.O=C=O.O=C=O. The van der Waals surface area contributed by atoms with E-state index in [0.29, 0.717) is 119 Å². The zero-order chi connectivity index (χ0) is 78.8. The lowest BCUT2D eigenvalue weighted by Gasteiger charge is -2.36. The number of thiocarbonyl (C=S) groups is 1. The summed E-state index contributed by atoms with van der Waals surface area (Å²) < 4.78 is 2.37. The van der Waals surface area contributed by atoms with E-state index < -0.39 is 71.6 Å². The number of carboxylic acids is 5. The zero-order valence-electron chi connectivity index (χ0n) is 58.8. The number of nitrogens with zero attached hydrogens (tertiary/aromatic N) is 7. The molecule has 4 atom stereocenters. The Morgan fingerprint density at radius 2 is 1.12 bits per heavy atom. The Morgan fingerprint density at radius 3 is 1.75 bits per heavy atom. The summed E-state index contributed by atoms with van der Waals surface area (Å²) in [5.74, 6) is -7.63. The van der Waals surface area contributed by atoms with Gasteiger partial charge < -0.3 is 77.9 Å². The number of unbranched alkanes of at least 4 members (excludes halogenated alkanes) is 3. The summed E-state index contributed by atoms with van der Waals surface area (Å²) >= 11 is 7.84. The Balaban J connectivity index is 0.00000402. The minimum Gasteiger partial charge on any atom is -0.481 e. The molecule has 36 nitrogen and oxygen atoms in total. The number of carbonyl (C=O) groups is 10. The highest BCUT2D eigenvalue weighted by Crippen LogP contribution is 2.23. The summed E-state index contributed by atoms with van der Waals surface area (Å²) in [6.45, 7) is 4.18. The number of hydrogen-bond acceptors (Lipinski definition) is 23. The van der Waals surface area contributed by atoms with Crippen LogP contribution in [0.3, 0.4) is 0 Å². The number of amides is 6. The largest absolute Gasteiger partial charge is 0.481 e. The molecule has 1 aromatic heterocycles. The fourth-order valence-electron chi connectivity index (χ4n) is 10.7. The van der Waals surface area contributed by atoms with E-state index in [4.69, 9.17) is 46.1 Å². The predicted octanol–water partition coefficient (Wildman–Crippen LogP) is 2.10. The molecule has 0 saturated carbocycles. The highest BCUT2D eigenvalue weighted by molar-refractivity contribution is 14.1. The van der Waals surface area contributed by atoms with Gasteiger partial charge in [0.25, 0.3) is 0 Å². The van der Waals surface area contributed by atoms with Gasteiger partial charge in [0.2, 0.25) is 11.8 Å². The molecule has 106 heavy (non-hydrogen) atoms. The van der Waals surface area contributed by atoms with Crippen molar-refractivity contribution in [2.75, 3.05) is 110 Å². The molecule has 1 fully saturated rings. The number of nitrogens with one attached hydrogen (secondary N) is 8. The standard InChI is InChI=1S/C65H92IN15O15S.3CO2/c1-77-29-31-78(2)51(40-80(43-60(89)90)34-33-79(32-30-77)42-59(87)88)35-44-19-23-49(24-20-44)73-65(97)70-27-8-4-14-52(55(82)38-47(61(91)92)11-3-6-25-67-56(83)36-45-17-21-48(66)22-18-45)74-57(84)41-81-54(39-71-76-81)46-12-9-13-50(37-46)72-63(95)68-26-7-5-15-53(62(93)94)75-64(96)69-28-10-16-58(85)86;3*2-1-3/h9,12-13,17-24,37,39,47,51-53H,3-8,10-11,14-16,25-36,38,40-43H2,1-2H3,(H,67,83)(H,74,84)(H,85,86)(H,87,88)(H,89,90)(H,91,92)(H,93,94)(H2,68,72,95)(H2,69,75,96)(H2,70,73,97);;;/t47-,51?,52+,53+;;;/m1.../s1. The Bertz CT molecular complexity index is 3530. The van der Waals surface area contributed by atoms with Gasteiger partial charge in [-0.25, -0.2) is 19.1 Å². The quantitative estimate of drug-likeness (QED) is 0.0173. The number of benzene rings is 3. The molecule has 0 bridgehead atoms. The van der Waals surface area contributed by atoms with Gasteiger partial charge in [-0.3, -0.25) is 43.4 Å². The number of Topliss-reactive ketones (excluding diaryl/α,β-unsaturated/α-hetero) is 1. The van der Waals surface area contributed by atoms with Crippen LogP contribution in [0.25, 0.3) is 11.3 Å². The van der Waals surface area contributed by atoms with Crippen LogP contribution in [0.5, 0.6) is 0 Å². The molecule has 1 aliphatic heterocycles. The molecule has 1 unspecified atom stereocenters. The lowest BCUT2D eigenvalue weighted by molar-refractivity contribution is -0.193. The van der Waals surface area contributed by atoms with Gasteiger partial charge in [0, 0.05) is 111 Å². The highest BCUT2D eigenvalue weighted by Gasteiger charge is 2.29. The minimum absolute atomic E-state index is 0.0524. The van der Waals surface area contributed by atoms with Gasteiger partial charge in [-0.2, -0.15) is 28.8 Å². The van der Waals surface area contributed by atoms with Gasteiger partial charge in [-0.05, 0) is 161 Å². The Kier molecular flexibility index (Phi) is 46.3. The number of urea groups is 2. The summed E-state index contributed by atoms with van der Waals surface area (Å²) in [5.41, 5.74) is 3.89. The van der Waals surface area contributed by atoms with E-state index >= 15 is 0 Å². The van der Waals surface area contributed by atoms with Gasteiger partial charge in [0.1, 0.15) is 12.6 Å². The molecule has 13 N–H and O–H groups in total. The summed E-state index contributed by atoms with van der Waals surface area (Å²) in [7, 11) is 4.03.